The molecule has 0 bridgehead atoms. The first-order chi connectivity index (χ1) is 8.43. The maximum atomic E-state index is 5.43. The average Bonchev–Trinajstić information content (AvgIpc) is 2.90. The second-order valence-electron chi connectivity index (χ2n) is 5.33. The zero-order chi connectivity index (χ0) is 11.5. The summed E-state index contributed by atoms with van der Waals surface area (Å²) in [6.07, 6.45) is 10.1. The molecule has 0 amide bonds. The molecular formula is C13H21N3O. The lowest BCUT2D eigenvalue weighted by atomic mass is 9.89. The van der Waals surface area contributed by atoms with Gasteiger partial charge in [0.25, 0.3) is 0 Å². The van der Waals surface area contributed by atoms with E-state index in [2.05, 4.69) is 15.5 Å². The van der Waals surface area contributed by atoms with Crippen LogP contribution in [-0.2, 0) is 0 Å². The fourth-order valence-electron chi connectivity index (χ4n) is 2.98. The van der Waals surface area contributed by atoms with Crippen molar-refractivity contribution in [2.75, 3.05) is 6.54 Å². The summed E-state index contributed by atoms with van der Waals surface area (Å²) in [6.45, 7) is 1.08. The Morgan fingerprint density at radius 2 is 1.82 bits per heavy atom. The third-order valence-corrected chi connectivity index (χ3v) is 4.04. The van der Waals surface area contributed by atoms with Crippen LogP contribution in [0.25, 0.3) is 0 Å². The number of nitrogens with zero attached hydrogens (tertiary/aromatic N) is 2. The number of aromatic nitrogens is 2. The summed E-state index contributed by atoms with van der Waals surface area (Å²) >= 11 is 0. The predicted molar refractivity (Wildman–Crippen MR) is 64.7 cm³/mol. The van der Waals surface area contributed by atoms with Gasteiger partial charge in [0.05, 0.1) is 6.04 Å². The Labute approximate surface area is 102 Å². The van der Waals surface area contributed by atoms with Gasteiger partial charge in [0.1, 0.15) is 0 Å². The van der Waals surface area contributed by atoms with Crippen molar-refractivity contribution in [3.8, 4) is 0 Å². The van der Waals surface area contributed by atoms with Crippen molar-refractivity contribution in [2.45, 2.75) is 63.3 Å². The van der Waals surface area contributed by atoms with Gasteiger partial charge >= 0.3 is 0 Å². The van der Waals surface area contributed by atoms with E-state index in [1.54, 1.807) is 0 Å². The van der Waals surface area contributed by atoms with Crippen LogP contribution in [0.4, 0.5) is 0 Å². The van der Waals surface area contributed by atoms with E-state index in [9.17, 15) is 0 Å². The molecule has 4 heteroatoms. The Hall–Kier alpha value is -0.900. The Morgan fingerprint density at radius 3 is 2.59 bits per heavy atom. The first-order valence-corrected chi connectivity index (χ1v) is 7.00. The molecule has 0 spiro atoms. The largest absolute Gasteiger partial charge is 0.338 e. The number of hydrogen-bond donors (Lipinski definition) is 1. The molecule has 1 atom stereocenters. The highest BCUT2D eigenvalue weighted by atomic mass is 16.5. The average molecular weight is 235 g/mol. The van der Waals surface area contributed by atoms with E-state index in [1.807, 2.05) is 0 Å². The van der Waals surface area contributed by atoms with E-state index in [0.29, 0.717) is 12.0 Å². The molecule has 1 saturated carbocycles. The third-order valence-electron chi connectivity index (χ3n) is 4.04. The predicted octanol–water partition coefficient (Wildman–Crippen LogP) is 2.93. The van der Waals surface area contributed by atoms with Crippen LogP contribution < -0.4 is 5.32 Å². The Morgan fingerprint density at radius 1 is 1.00 bits per heavy atom. The van der Waals surface area contributed by atoms with Crippen molar-refractivity contribution in [3.63, 3.8) is 0 Å². The van der Waals surface area contributed by atoms with Gasteiger partial charge in [-0.2, -0.15) is 4.98 Å². The topological polar surface area (TPSA) is 51.0 Å². The zero-order valence-corrected chi connectivity index (χ0v) is 10.3. The van der Waals surface area contributed by atoms with Crippen LogP contribution in [0.3, 0.4) is 0 Å². The molecule has 2 aliphatic rings. The van der Waals surface area contributed by atoms with Gasteiger partial charge in [-0.1, -0.05) is 30.8 Å². The minimum atomic E-state index is 0.300. The van der Waals surface area contributed by atoms with Crippen molar-refractivity contribution < 1.29 is 4.52 Å². The van der Waals surface area contributed by atoms with E-state index >= 15 is 0 Å². The maximum absolute atomic E-state index is 5.43. The lowest BCUT2D eigenvalue weighted by molar-refractivity contribution is 0.293. The lowest BCUT2D eigenvalue weighted by Crippen LogP contribution is -2.27. The summed E-state index contributed by atoms with van der Waals surface area (Å²) in [5.74, 6) is 2.31. The fourth-order valence-corrected chi connectivity index (χ4v) is 2.98. The highest BCUT2D eigenvalue weighted by molar-refractivity contribution is 5.00. The van der Waals surface area contributed by atoms with Crippen LogP contribution in [0.5, 0.6) is 0 Å². The summed E-state index contributed by atoms with van der Waals surface area (Å²) in [6, 6.07) is 0.300. The van der Waals surface area contributed by atoms with E-state index < -0.39 is 0 Å². The van der Waals surface area contributed by atoms with Crippen LogP contribution >= 0.6 is 0 Å². The van der Waals surface area contributed by atoms with Crippen LogP contribution in [0.2, 0.25) is 0 Å². The molecule has 2 heterocycles. The highest BCUT2D eigenvalue weighted by Gasteiger charge is 2.25. The minimum Gasteiger partial charge on any atom is -0.338 e. The monoisotopic (exact) mass is 235 g/mol. The molecule has 0 aromatic carbocycles. The SMILES string of the molecule is C1CCC(c2noc(C3CCCCN3)n2)CC1. The standard InChI is InChI=1S/C13H21N3O/c1-2-6-10(7-3-1)12-15-13(17-16-12)11-8-4-5-9-14-11/h10-11,14H,1-9H2. The molecule has 1 N–H and O–H groups in total. The molecule has 1 aliphatic carbocycles. The summed E-state index contributed by atoms with van der Waals surface area (Å²) in [7, 11) is 0. The summed E-state index contributed by atoms with van der Waals surface area (Å²) < 4.78 is 5.43. The van der Waals surface area contributed by atoms with Gasteiger partial charge in [-0.15, -0.1) is 0 Å². The minimum absolute atomic E-state index is 0.300. The van der Waals surface area contributed by atoms with Gasteiger partial charge in [-0.3, -0.25) is 0 Å². The van der Waals surface area contributed by atoms with E-state index in [0.717, 1.165) is 24.7 Å². The molecular weight excluding hydrogens is 214 g/mol. The Bertz CT molecular complexity index is 319. The number of nitrogens with one attached hydrogen (secondary N) is 1. The number of piperidine rings is 1. The van der Waals surface area contributed by atoms with Crippen molar-refractivity contribution >= 4 is 0 Å². The van der Waals surface area contributed by atoms with Gasteiger partial charge in [-0.05, 0) is 32.2 Å². The second-order valence-corrected chi connectivity index (χ2v) is 5.33. The normalized spacial score (nSPS) is 27.2. The molecule has 3 rings (SSSR count). The molecule has 0 radical (unpaired) electrons. The molecule has 17 heavy (non-hydrogen) atoms. The second kappa shape index (κ2) is 5.17. The van der Waals surface area contributed by atoms with Crippen LogP contribution in [0.1, 0.15) is 75.0 Å². The summed E-state index contributed by atoms with van der Waals surface area (Å²) in [4.78, 5) is 4.62. The number of rotatable bonds is 2. The first kappa shape index (κ1) is 11.2. The van der Waals surface area contributed by atoms with Crippen LogP contribution in [0, 0.1) is 0 Å². The molecule has 2 fully saturated rings. The van der Waals surface area contributed by atoms with Crippen molar-refractivity contribution in [2.24, 2.45) is 0 Å². The molecule has 94 valence electrons. The van der Waals surface area contributed by atoms with E-state index in [-0.39, 0.29) is 0 Å². The third kappa shape index (κ3) is 2.51. The van der Waals surface area contributed by atoms with Gasteiger partial charge in [0.2, 0.25) is 5.89 Å². The van der Waals surface area contributed by atoms with Gasteiger partial charge in [0.15, 0.2) is 5.82 Å². The molecule has 4 nitrogen and oxygen atoms in total. The highest BCUT2D eigenvalue weighted by Crippen LogP contribution is 2.32. The van der Waals surface area contributed by atoms with Crippen molar-refractivity contribution in [1.29, 1.82) is 0 Å². The van der Waals surface area contributed by atoms with Gasteiger partial charge in [-0.25, -0.2) is 0 Å². The quantitative estimate of drug-likeness (QED) is 0.856. The Balaban J connectivity index is 1.68. The maximum Gasteiger partial charge on any atom is 0.243 e. The summed E-state index contributed by atoms with van der Waals surface area (Å²) in [5.41, 5.74) is 0. The molecule has 1 aromatic heterocycles. The van der Waals surface area contributed by atoms with E-state index in [1.165, 1.54) is 44.9 Å². The first-order valence-electron chi connectivity index (χ1n) is 7.00. The van der Waals surface area contributed by atoms with Gasteiger partial charge in [0, 0.05) is 5.92 Å². The fraction of sp³-hybridized carbons (Fsp3) is 0.846. The van der Waals surface area contributed by atoms with Crippen LogP contribution in [-0.4, -0.2) is 16.7 Å². The summed E-state index contributed by atoms with van der Waals surface area (Å²) in [5, 5.41) is 7.64. The van der Waals surface area contributed by atoms with E-state index in [4.69, 9.17) is 4.52 Å². The van der Waals surface area contributed by atoms with Crippen molar-refractivity contribution in [1.82, 2.24) is 15.5 Å². The molecule has 1 aliphatic heterocycles. The van der Waals surface area contributed by atoms with Gasteiger partial charge < -0.3 is 9.84 Å². The van der Waals surface area contributed by atoms with Crippen LogP contribution in [0.15, 0.2) is 4.52 Å². The number of hydrogen-bond acceptors (Lipinski definition) is 4. The van der Waals surface area contributed by atoms with Crippen molar-refractivity contribution in [3.05, 3.63) is 11.7 Å². The Kier molecular flexibility index (Phi) is 3.41. The smallest absolute Gasteiger partial charge is 0.243 e. The zero-order valence-electron chi connectivity index (χ0n) is 10.3. The lowest BCUT2D eigenvalue weighted by Gasteiger charge is -2.20. The molecule has 1 unspecified atom stereocenters. The molecule has 1 saturated heterocycles. The molecule has 1 aromatic rings.